The Morgan fingerprint density at radius 1 is 1.02 bits per heavy atom. The zero-order chi connectivity index (χ0) is 45.0. The van der Waals surface area contributed by atoms with Crippen molar-refractivity contribution in [3.63, 3.8) is 0 Å². The molecule has 16 nitrogen and oxygen atoms in total. The fourth-order valence-electron chi connectivity index (χ4n) is 9.15. The Labute approximate surface area is 369 Å². The molecule has 336 valence electrons. The summed E-state index contributed by atoms with van der Waals surface area (Å²) in [6.07, 6.45) is 5.22. The molecule has 3 fully saturated rings. The van der Waals surface area contributed by atoms with Gasteiger partial charge in [0.25, 0.3) is 11.8 Å². The molecular formula is C44H53ClF2N9O7+. The number of rotatable bonds is 15. The number of ether oxygens (including phenoxy) is 2. The molecule has 3 aliphatic rings. The molecule has 0 spiro atoms. The smallest absolute Gasteiger partial charge is 0.369 e. The van der Waals surface area contributed by atoms with Crippen LogP contribution in [0.4, 0.5) is 14.5 Å². The fourth-order valence-corrected chi connectivity index (χ4v) is 9.41. The zero-order valence-electron chi connectivity index (χ0n) is 35.9. The van der Waals surface area contributed by atoms with Crippen LogP contribution >= 0.6 is 11.6 Å². The summed E-state index contributed by atoms with van der Waals surface area (Å²) in [5.74, 6) is -3.34. The largest absolute Gasteiger partial charge is 0.391 e. The number of esters is 1. The summed E-state index contributed by atoms with van der Waals surface area (Å²) < 4.78 is 44.4. The standard InChI is InChI=1S/C44H52ClF2N9O7/c1-27-35(22-50-55(27)15-18-62-4)32-7-8-34(40(47)39(32)46)37-23-49-41(53(37)3)42(59)51-30-5-6-33(36(45)19-30)44(61)54-13-9-31(10-14-54)52(2)43(60)29-11-16-56(17-12-29,24-28-20-48-21-28)25-38(58)63-26-57/h5-8,19,22-23,26,28-29,31,48H,9-18,20-21,24-25H2,1-4H3/p+1. The van der Waals surface area contributed by atoms with Crippen LogP contribution in [0.15, 0.2) is 42.7 Å². The first-order chi connectivity index (χ1) is 30.2. The van der Waals surface area contributed by atoms with Crippen LogP contribution in [0.1, 0.15) is 52.4 Å². The number of hydrogen-bond donors (Lipinski definition) is 2. The number of benzene rings is 2. The first-order valence-corrected chi connectivity index (χ1v) is 21.5. The van der Waals surface area contributed by atoms with E-state index in [-0.39, 0.29) is 70.0 Å². The van der Waals surface area contributed by atoms with Crippen molar-refractivity contribution >= 4 is 47.5 Å². The van der Waals surface area contributed by atoms with Crippen LogP contribution in [-0.4, -0.2) is 143 Å². The minimum Gasteiger partial charge on any atom is -0.391 e. The molecule has 63 heavy (non-hydrogen) atoms. The molecule has 0 radical (unpaired) electrons. The van der Waals surface area contributed by atoms with Gasteiger partial charge in [0.2, 0.25) is 5.91 Å². The predicted molar refractivity (Wildman–Crippen MR) is 228 cm³/mol. The van der Waals surface area contributed by atoms with Crippen LogP contribution in [0.2, 0.25) is 5.02 Å². The molecular weight excluding hydrogens is 840 g/mol. The second kappa shape index (κ2) is 19.5. The zero-order valence-corrected chi connectivity index (χ0v) is 36.6. The molecule has 3 aliphatic heterocycles. The maximum absolute atomic E-state index is 15.6. The molecule has 5 heterocycles. The van der Waals surface area contributed by atoms with Crippen molar-refractivity contribution in [2.45, 2.75) is 45.2 Å². The molecule has 2 N–H and O–H groups in total. The van der Waals surface area contributed by atoms with Gasteiger partial charge in [0.1, 0.15) is 0 Å². The van der Waals surface area contributed by atoms with E-state index in [1.54, 1.807) is 29.7 Å². The van der Waals surface area contributed by atoms with Crippen molar-refractivity contribution in [3.05, 3.63) is 76.5 Å². The van der Waals surface area contributed by atoms with E-state index in [0.29, 0.717) is 92.4 Å². The Kier molecular flexibility index (Phi) is 14.0. The first kappa shape index (κ1) is 45.5. The highest BCUT2D eigenvalue weighted by Crippen LogP contribution is 2.34. The highest BCUT2D eigenvalue weighted by atomic mass is 35.5. The number of anilines is 1. The number of piperidine rings is 2. The van der Waals surface area contributed by atoms with Crippen LogP contribution in [-0.2, 0) is 37.4 Å². The van der Waals surface area contributed by atoms with Gasteiger partial charge in [-0.25, -0.2) is 18.6 Å². The summed E-state index contributed by atoms with van der Waals surface area (Å²) in [6, 6.07) is 7.42. The second-order valence-electron chi connectivity index (χ2n) is 16.8. The Morgan fingerprint density at radius 2 is 1.71 bits per heavy atom. The lowest BCUT2D eigenvalue weighted by Gasteiger charge is -2.46. The van der Waals surface area contributed by atoms with Crippen LogP contribution in [0.5, 0.6) is 0 Å². The molecule has 2 aromatic carbocycles. The monoisotopic (exact) mass is 892 g/mol. The third-order valence-corrected chi connectivity index (χ3v) is 13.3. The van der Waals surface area contributed by atoms with Gasteiger partial charge in [-0.2, -0.15) is 5.10 Å². The highest BCUT2D eigenvalue weighted by Gasteiger charge is 2.43. The SMILES string of the molecule is COCCn1ncc(-c2ccc(-c3cnc(C(=O)Nc4ccc(C(=O)N5CCC(N(C)C(=O)C6CC[N+](CC(=O)OC=O)(CC7CNC7)CC6)CC5)c(Cl)c4)n3C)c(F)c2F)c1C. The number of methoxy groups -OCH3 is 1. The minimum absolute atomic E-state index is 0.0485. The van der Waals surface area contributed by atoms with Gasteiger partial charge in [0.05, 0.1) is 61.5 Å². The Balaban J connectivity index is 0.925. The number of nitrogens with one attached hydrogen (secondary N) is 2. The van der Waals surface area contributed by atoms with Crippen molar-refractivity contribution in [1.29, 1.82) is 0 Å². The van der Waals surface area contributed by atoms with E-state index in [2.05, 4.69) is 25.5 Å². The molecule has 0 aliphatic carbocycles. The van der Waals surface area contributed by atoms with E-state index in [1.807, 2.05) is 11.9 Å². The third kappa shape index (κ3) is 9.68. The van der Waals surface area contributed by atoms with Gasteiger partial charge in [-0.05, 0) is 44.0 Å². The van der Waals surface area contributed by atoms with E-state index in [9.17, 15) is 24.0 Å². The molecule has 0 atom stereocenters. The summed E-state index contributed by atoms with van der Waals surface area (Å²) in [5, 5.41) is 10.4. The van der Waals surface area contributed by atoms with E-state index in [4.69, 9.17) is 16.3 Å². The van der Waals surface area contributed by atoms with Crippen LogP contribution in [0.25, 0.3) is 22.4 Å². The van der Waals surface area contributed by atoms with Crippen molar-refractivity contribution < 1.29 is 46.7 Å². The Hall–Kier alpha value is -5.56. The Morgan fingerprint density at radius 3 is 2.37 bits per heavy atom. The number of carbonyl (C=O) groups excluding carboxylic acids is 5. The van der Waals surface area contributed by atoms with E-state index in [1.165, 1.54) is 48.3 Å². The number of halogens is 3. The van der Waals surface area contributed by atoms with Crippen LogP contribution in [0.3, 0.4) is 0 Å². The molecule has 0 unspecified atom stereocenters. The highest BCUT2D eigenvalue weighted by molar-refractivity contribution is 6.34. The fraction of sp³-hybridized carbons (Fsp3) is 0.477. The van der Waals surface area contributed by atoms with Crippen LogP contribution < -0.4 is 10.6 Å². The molecule has 7 rings (SSSR count). The van der Waals surface area contributed by atoms with E-state index < -0.39 is 23.5 Å². The number of quaternary nitrogens is 1. The van der Waals surface area contributed by atoms with Crippen LogP contribution in [0, 0.1) is 30.4 Å². The number of carbonyl (C=O) groups is 5. The number of hydrogen-bond acceptors (Lipinski definition) is 10. The molecule has 4 aromatic rings. The number of nitrogens with zero attached hydrogens (tertiary/aromatic N) is 7. The maximum Gasteiger partial charge on any atom is 0.369 e. The van der Waals surface area contributed by atoms with Crippen molar-refractivity contribution in [2.24, 2.45) is 18.9 Å². The van der Waals surface area contributed by atoms with Gasteiger partial charge in [0.15, 0.2) is 24.0 Å². The minimum atomic E-state index is -1.09. The van der Waals surface area contributed by atoms with Crippen molar-refractivity contribution in [2.75, 3.05) is 78.4 Å². The molecule has 0 saturated carbocycles. The number of aromatic nitrogens is 4. The molecule has 0 bridgehead atoms. The summed E-state index contributed by atoms with van der Waals surface area (Å²) in [4.78, 5) is 71.5. The third-order valence-electron chi connectivity index (χ3n) is 13.0. The number of imidazole rings is 1. The lowest BCUT2D eigenvalue weighted by molar-refractivity contribution is -0.929. The topological polar surface area (TPSA) is 170 Å². The lowest BCUT2D eigenvalue weighted by atomic mass is 9.90. The van der Waals surface area contributed by atoms with Gasteiger partial charge in [0, 0.05) is 106 Å². The van der Waals surface area contributed by atoms with Gasteiger partial charge < -0.3 is 39.0 Å². The van der Waals surface area contributed by atoms with Gasteiger partial charge in [-0.15, -0.1) is 0 Å². The average molecular weight is 893 g/mol. The van der Waals surface area contributed by atoms with Crippen molar-refractivity contribution in [1.82, 2.24) is 34.4 Å². The number of amides is 3. The first-order valence-electron chi connectivity index (χ1n) is 21.1. The van der Waals surface area contributed by atoms with E-state index in [0.717, 1.165) is 19.6 Å². The van der Waals surface area contributed by atoms with Gasteiger partial charge in [-0.3, -0.25) is 23.9 Å². The summed E-state index contributed by atoms with van der Waals surface area (Å²) in [6.45, 7) is 7.64. The van der Waals surface area contributed by atoms with E-state index >= 15 is 8.78 Å². The summed E-state index contributed by atoms with van der Waals surface area (Å²) >= 11 is 6.61. The Bertz CT molecular complexity index is 2370. The quantitative estimate of drug-likeness (QED) is 0.0760. The molecule has 3 saturated heterocycles. The lowest BCUT2D eigenvalue weighted by Crippen LogP contribution is -2.62. The predicted octanol–water partition coefficient (Wildman–Crippen LogP) is 4.30. The molecule has 3 amide bonds. The normalized spacial score (nSPS) is 19.3. The van der Waals surface area contributed by atoms with Gasteiger partial charge >= 0.3 is 12.4 Å². The van der Waals surface area contributed by atoms with Gasteiger partial charge in [-0.1, -0.05) is 17.7 Å². The maximum atomic E-state index is 15.6. The molecule has 19 heteroatoms. The molecule has 2 aromatic heterocycles. The van der Waals surface area contributed by atoms with Crippen molar-refractivity contribution in [3.8, 4) is 22.4 Å². The second-order valence-corrected chi connectivity index (χ2v) is 17.2. The summed E-state index contributed by atoms with van der Waals surface area (Å²) in [5.41, 5.74) is 1.82. The average Bonchev–Trinajstić information content (AvgIpc) is 3.83. The number of likely N-dealkylation sites (tertiary alicyclic amines) is 2. The summed E-state index contributed by atoms with van der Waals surface area (Å²) in [7, 11) is 4.91.